The van der Waals surface area contributed by atoms with Crippen molar-refractivity contribution < 1.29 is 9.90 Å². The van der Waals surface area contributed by atoms with Gasteiger partial charge in [0.25, 0.3) is 0 Å². The predicted molar refractivity (Wildman–Crippen MR) is 102 cm³/mol. The first-order valence-corrected chi connectivity index (χ1v) is 9.63. The van der Waals surface area contributed by atoms with Gasteiger partial charge >= 0.3 is 0 Å². The minimum absolute atomic E-state index is 0.128. The Labute approximate surface area is 155 Å². The first-order chi connectivity index (χ1) is 12.7. The number of nitrogens with zero attached hydrogens (tertiary/aromatic N) is 3. The van der Waals surface area contributed by atoms with Gasteiger partial charge in [-0.3, -0.25) is 4.79 Å². The summed E-state index contributed by atoms with van der Waals surface area (Å²) in [5, 5.41) is 9.26. The molecule has 2 aromatic rings. The lowest BCUT2D eigenvalue weighted by atomic mass is 9.95. The van der Waals surface area contributed by atoms with Gasteiger partial charge in [0.05, 0.1) is 6.61 Å². The molecule has 0 spiro atoms. The molecule has 0 unspecified atom stereocenters. The van der Waals surface area contributed by atoms with Crippen molar-refractivity contribution >= 4 is 5.91 Å². The molecule has 1 aliphatic heterocycles. The van der Waals surface area contributed by atoms with Crippen molar-refractivity contribution in [2.24, 2.45) is 0 Å². The van der Waals surface area contributed by atoms with E-state index in [4.69, 9.17) is 0 Å². The summed E-state index contributed by atoms with van der Waals surface area (Å²) in [5.41, 5.74) is 2.39. The first kappa shape index (κ1) is 18.6. The summed E-state index contributed by atoms with van der Waals surface area (Å²) in [6, 6.07) is 10.3. The summed E-state index contributed by atoms with van der Waals surface area (Å²) in [6.07, 6.45) is 6.27. The Morgan fingerprint density at radius 2 is 1.96 bits per heavy atom. The van der Waals surface area contributed by atoms with E-state index in [0.717, 1.165) is 50.3 Å². The minimum Gasteiger partial charge on any atom is -0.395 e. The van der Waals surface area contributed by atoms with Crippen molar-refractivity contribution in [2.45, 2.75) is 51.5 Å². The van der Waals surface area contributed by atoms with Crippen LogP contribution in [0.4, 0.5) is 0 Å². The zero-order valence-electron chi connectivity index (χ0n) is 15.6. The molecular formula is C21H29N3O2. The van der Waals surface area contributed by atoms with Crippen LogP contribution >= 0.6 is 0 Å². The highest BCUT2D eigenvalue weighted by Crippen LogP contribution is 2.28. The summed E-state index contributed by atoms with van der Waals surface area (Å²) in [6.45, 7) is 4.36. The molecule has 2 heterocycles. The molecule has 1 saturated heterocycles. The molecule has 0 atom stereocenters. The van der Waals surface area contributed by atoms with Crippen LogP contribution in [0.1, 0.15) is 48.7 Å². The van der Waals surface area contributed by atoms with E-state index in [0.29, 0.717) is 18.9 Å². The second kappa shape index (κ2) is 8.99. The largest absolute Gasteiger partial charge is 0.395 e. The van der Waals surface area contributed by atoms with Crippen molar-refractivity contribution in [1.82, 2.24) is 14.5 Å². The van der Waals surface area contributed by atoms with Crippen LogP contribution in [-0.4, -0.2) is 45.2 Å². The first-order valence-electron chi connectivity index (χ1n) is 9.63. The number of aliphatic hydroxyl groups excluding tert-OH is 1. The molecule has 1 aliphatic rings. The number of aliphatic hydroxyl groups is 1. The maximum Gasteiger partial charge on any atom is 0.222 e. The van der Waals surface area contributed by atoms with Gasteiger partial charge < -0.3 is 14.6 Å². The fourth-order valence-electron chi connectivity index (χ4n) is 3.83. The molecule has 1 aromatic heterocycles. The molecular weight excluding hydrogens is 326 g/mol. The Balaban J connectivity index is 1.46. The third-order valence-corrected chi connectivity index (χ3v) is 5.32. The number of hydrogen-bond donors (Lipinski definition) is 1. The van der Waals surface area contributed by atoms with Crippen LogP contribution in [0.3, 0.4) is 0 Å². The fourth-order valence-corrected chi connectivity index (χ4v) is 3.83. The van der Waals surface area contributed by atoms with Gasteiger partial charge in [-0.15, -0.1) is 0 Å². The van der Waals surface area contributed by atoms with E-state index in [1.54, 1.807) is 0 Å². The topological polar surface area (TPSA) is 58.4 Å². The van der Waals surface area contributed by atoms with Crippen LogP contribution in [-0.2, 0) is 17.8 Å². The average molecular weight is 355 g/mol. The third kappa shape index (κ3) is 4.52. The number of aryl methyl sites for hydroxylation is 2. The molecule has 0 radical (unpaired) electrons. The lowest BCUT2D eigenvalue weighted by Crippen LogP contribution is -2.38. The number of carbonyl (C=O) groups is 1. The Morgan fingerprint density at radius 1 is 1.23 bits per heavy atom. The molecule has 0 aliphatic carbocycles. The normalized spacial score (nSPS) is 15.4. The maximum atomic E-state index is 12.5. The number of hydrogen-bond acceptors (Lipinski definition) is 3. The van der Waals surface area contributed by atoms with Crippen molar-refractivity contribution in [2.75, 3.05) is 19.7 Å². The van der Waals surface area contributed by atoms with Crippen LogP contribution < -0.4 is 0 Å². The van der Waals surface area contributed by atoms with Crippen LogP contribution in [0.2, 0.25) is 0 Å². The van der Waals surface area contributed by atoms with E-state index in [9.17, 15) is 9.90 Å². The fraction of sp³-hybridized carbons (Fsp3) is 0.524. The van der Waals surface area contributed by atoms with E-state index >= 15 is 0 Å². The van der Waals surface area contributed by atoms with Crippen LogP contribution in [0.25, 0.3) is 0 Å². The van der Waals surface area contributed by atoms with Gasteiger partial charge in [-0.2, -0.15) is 0 Å². The van der Waals surface area contributed by atoms with Gasteiger partial charge in [0.15, 0.2) is 0 Å². The molecule has 3 rings (SSSR count). The van der Waals surface area contributed by atoms with E-state index < -0.39 is 0 Å². The van der Waals surface area contributed by atoms with E-state index in [2.05, 4.69) is 21.7 Å². The van der Waals surface area contributed by atoms with Crippen molar-refractivity contribution in [3.8, 4) is 0 Å². The number of piperidine rings is 1. The molecule has 5 nitrogen and oxygen atoms in total. The second-order valence-electron chi connectivity index (χ2n) is 7.13. The molecule has 1 amide bonds. The maximum absolute atomic E-state index is 12.5. The van der Waals surface area contributed by atoms with E-state index in [1.807, 2.05) is 36.2 Å². The van der Waals surface area contributed by atoms with E-state index in [-0.39, 0.29) is 12.5 Å². The lowest BCUT2D eigenvalue weighted by molar-refractivity contribution is -0.132. The molecule has 140 valence electrons. The quantitative estimate of drug-likeness (QED) is 0.831. The highest BCUT2D eigenvalue weighted by Gasteiger charge is 2.26. The summed E-state index contributed by atoms with van der Waals surface area (Å²) in [7, 11) is 0. The summed E-state index contributed by atoms with van der Waals surface area (Å²) in [4.78, 5) is 19.0. The molecule has 5 heteroatoms. The molecule has 0 saturated carbocycles. The van der Waals surface area contributed by atoms with Crippen molar-refractivity contribution in [1.29, 1.82) is 0 Å². The van der Waals surface area contributed by atoms with Gasteiger partial charge in [0.2, 0.25) is 5.91 Å². The van der Waals surface area contributed by atoms with Gasteiger partial charge in [-0.25, -0.2) is 4.98 Å². The third-order valence-electron chi connectivity index (χ3n) is 5.32. The SMILES string of the molecule is Cc1cnc(C2CCN(C(=O)CCCc3ccccc3)CC2)n1CCO. The Hall–Kier alpha value is -2.14. The minimum atomic E-state index is 0.128. The molecule has 1 fully saturated rings. The molecule has 26 heavy (non-hydrogen) atoms. The summed E-state index contributed by atoms with van der Waals surface area (Å²) < 4.78 is 2.11. The zero-order chi connectivity index (χ0) is 18.4. The number of amides is 1. The van der Waals surface area contributed by atoms with Crippen LogP contribution in [0.15, 0.2) is 36.5 Å². The van der Waals surface area contributed by atoms with Gasteiger partial charge in [-0.05, 0) is 38.2 Å². The smallest absolute Gasteiger partial charge is 0.222 e. The highest BCUT2D eigenvalue weighted by atomic mass is 16.3. The number of likely N-dealkylation sites (tertiary alicyclic amines) is 1. The monoisotopic (exact) mass is 355 g/mol. The van der Waals surface area contributed by atoms with Gasteiger partial charge in [0, 0.05) is 43.9 Å². The van der Waals surface area contributed by atoms with E-state index in [1.165, 1.54) is 5.56 Å². The summed E-state index contributed by atoms with van der Waals surface area (Å²) >= 11 is 0. The number of rotatable bonds is 7. The Kier molecular flexibility index (Phi) is 6.45. The average Bonchev–Trinajstić information content (AvgIpc) is 3.04. The number of carbonyl (C=O) groups excluding carboxylic acids is 1. The number of benzene rings is 1. The molecule has 1 N–H and O–H groups in total. The van der Waals surface area contributed by atoms with Crippen molar-refractivity contribution in [3.05, 3.63) is 53.6 Å². The van der Waals surface area contributed by atoms with Gasteiger partial charge in [0.1, 0.15) is 5.82 Å². The Bertz CT molecular complexity index is 703. The highest BCUT2D eigenvalue weighted by molar-refractivity contribution is 5.76. The Morgan fingerprint density at radius 3 is 2.65 bits per heavy atom. The predicted octanol–water partition coefficient (Wildman–Crippen LogP) is 2.91. The van der Waals surface area contributed by atoms with Crippen molar-refractivity contribution in [3.63, 3.8) is 0 Å². The van der Waals surface area contributed by atoms with Crippen LogP contribution in [0, 0.1) is 6.92 Å². The molecule has 0 bridgehead atoms. The second-order valence-corrected chi connectivity index (χ2v) is 7.13. The van der Waals surface area contributed by atoms with Gasteiger partial charge in [-0.1, -0.05) is 30.3 Å². The number of imidazole rings is 1. The summed E-state index contributed by atoms with van der Waals surface area (Å²) in [5.74, 6) is 1.71. The van der Waals surface area contributed by atoms with Crippen LogP contribution in [0.5, 0.6) is 0 Å². The zero-order valence-corrected chi connectivity index (χ0v) is 15.6. The lowest BCUT2D eigenvalue weighted by Gasteiger charge is -2.32. The molecule has 1 aromatic carbocycles. The number of aromatic nitrogens is 2. The standard InChI is InChI=1S/C21H29N3O2/c1-17-16-22-21(24(17)14-15-25)19-10-12-23(13-11-19)20(26)9-5-8-18-6-3-2-4-7-18/h2-4,6-7,16,19,25H,5,8-15H2,1H3.